The highest BCUT2D eigenvalue weighted by Gasteiger charge is 2.06. The highest BCUT2D eigenvalue weighted by Crippen LogP contribution is 2.05. The summed E-state index contributed by atoms with van der Waals surface area (Å²) < 4.78 is 4.85. The molecule has 0 unspecified atom stereocenters. The normalized spacial score (nSPS) is 10.4. The Morgan fingerprint density at radius 1 is 1.53 bits per heavy atom. The molecule has 0 spiro atoms. The van der Waals surface area contributed by atoms with Crippen molar-refractivity contribution < 1.29 is 14.6 Å². The van der Waals surface area contributed by atoms with Crippen molar-refractivity contribution in [2.75, 3.05) is 20.3 Å². The van der Waals surface area contributed by atoms with Crippen LogP contribution in [-0.4, -0.2) is 42.7 Å². The largest absolute Gasteiger partial charge is 0.478 e. The molecule has 0 aromatic heterocycles. The van der Waals surface area contributed by atoms with Crippen LogP contribution in [0.2, 0.25) is 0 Å². The molecular formula is C12H15N3O3S. The van der Waals surface area contributed by atoms with Crippen molar-refractivity contribution in [3.8, 4) is 0 Å². The van der Waals surface area contributed by atoms with Crippen molar-refractivity contribution in [2.45, 2.75) is 0 Å². The summed E-state index contributed by atoms with van der Waals surface area (Å²) >= 11 is 4.96. The van der Waals surface area contributed by atoms with Gasteiger partial charge in [-0.25, -0.2) is 4.79 Å². The molecule has 102 valence electrons. The lowest BCUT2D eigenvalue weighted by molar-refractivity contribution is 0.0697. The third kappa shape index (κ3) is 5.45. The van der Waals surface area contributed by atoms with Crippen LogP contribution in [0.1, 0.15) is 15.9 Å². The minimum Gasteiger partial charge on any atom is -0.478 e. The molecule has 0 aliphatic carbocycles. The Morgan fingerprint density at radius 3 is 2.95 bits per heavy atom. The van der Waals surface area contributed by atoms with E-state index in [4.69, 9.17) is 22.1 Å². The average Bonchev–Trinajstić information content (AvgIpc) is 2.39. The smallest absolute Gasteiger partial charge is 0.336 e. The summed E-state index contributed by atoms with van der Waals surface area (Å²) in [5.74, 6) is -0.997. The molecule has 0 amide bonds. The summed E-state index contributed by atoms with van der Waals surface area (Å²) in [6, 6.07) is 6.57. The third-order valence-corrected chi connectivity index (χ3v) is 2.39. The number of nitrogens with zero attached hydrogens (tertiary/aromatic N) is 1. The standard InChI is InChI=1S/C12H15N3O3S/c1-18-7-6-13-12(19)15-14-8-9-4-2-3-5-10(9)11(16)17/h2-5,8H,6-7H2,1H3,(H,16,17)(H2,13,15,19). The highest BCUT2D eigenvalue weighted by molar-refractivity contribution is 7.80. The van der Waals surface area contributed by atoms with Crippen LogP contribution in [0.15, 0.2) is 29.4 Å². The van der Waals surface area contributed by atoms with E-state index in [-0.39, 0.29) is 5.56 Å². The number of carboxylic acids is 1. The number of carbonyl (C=O) groups is 1. The van der Waals surface area contributed by atoms with Crippen molar-refractivity contribution in [2.24, 2.45) is 5.10 Å². The van der Waals surface area contributed by atoms with Crippen LogP contribution in [0.25, 0.3) is 0 Å². The van der Waals surface area contributed by atoms with Gasteiger partial charge >= 0.3 is 5.97 Å². The van der Waals surface area contributed by atoms with E-state index in [0.29, 0.717) is 23.8 Å². The van der Waals surface area contributed by atoms with Gasteiger partial charge < -0.3 is 15.2 Å². The minimum atomic E-state index is -0.997. The lowest BCUT2D eigenvalue weighted by atomic mass is 10.1. The zero-order chi connectivity index (χ0) is 14.1. The van der Waals surface area contributed by atoms with Gasteiger partial charge in [0.15, 0.2) is 5.11 Å². The summed E-state index contributed by atoms with van der Waals surface area (Å²) in [5, 5.41) is 16.1. The maximum atomic E-state index is 11.0. The molecule has 19 heavy (non-hydrogen) atoms. The summed E-state index contributed by atoms with van der Waals surface area (Å²) in [7, 11) is 1.60. The Morgan fingerprint density at radius 2 is 2.26 bits per heavy atom. The lowest BCUT2D eigenvalue weighted by Crippen LogP contribution is -2.34. The predicted octanol–water partition coefficient (Wildman–Crippen LogP) is 0.829. The van der Waals surface area contributed by atoms with Gasteiger partial charge in [-0.3, -0.25) is 5.43 Å². The van der Waals surface area contributed by atoms with E-state index in [1.54, 1.807) is 25.3 Å². The van der Waals surface area contributed by atoms with Gasteiger partial charge in [-0.05, 0) is 18.3 Å². The molecule has 1 rings (SSSR count). The van der Waals surface area contributed by atoms with E-state index in [9.17, 15) is 4.79 Å². The molecule has 0 atom stereocenters. The van der Waals surface area contributed by atoms with Gasteiger partial charge in [-0.15, -0.1) is 0 Å². The molecular weight excluding hydrogens is 266 g/mol. The number of thiocarbonyl (C=S) groups is 1. The number of benzene rings is 1. The first-order valence-electron chi connectivity index (χ1n) is 5.53. The van der Waals surface area contributed by atoms with E-state index >= 15 is 0 Å². The van der Waals surface area contributed by atoms with Crippen molar-refractivity contribution in [3.05, 3.63) is 35.4 Å². The number of methoxy groups -OCH3 is 1. The first kappa shape index (κ1) is 15.1. The molecule has 0 saturated heterocycles. The summed E-state index contributed by atoms with van der Waals surface area (Å²) in [5.41, 5.74) is 3.29. The number of rotatable bonds is 6. The predicted molar refractivity (Wildman–Crippen MR) is 76.6 cm³/mol. The van der Waals surface area contributed by atoms with E-state index in [1.807, 2.05) is 0 Å². The second-order valence-electron chi connectivity index (χ2n) is 3.51. The molecule has 7 heteroatoms. The van der Waals surface area contributed by atoms with Gasteiger partial charge in [-0.1, -0.05) is 18.2 Å². The number of nitrogens with one attached hydrogen (secondary N) is 2. The molecule has 0 aliphatic heterocycles. The molecule has 0 bridgehead atoms. The summed E-state index contributed by atoms with van der Waals surface area (Å²) in [6.45, 7) is 1.11. The van der Waals surface area contributed by atoms with Gasteiger partial charge in [-0.2, -0.15) is 5.10 Å². The molecule has 6 nitrogen and oxygen atoms in total. The van der Waals surface area contributed by atoms with Crippen LogP contribution in [0.3, 0.4) is 0 Å². The van der Waals surface area contributed by atoms with Crippen LogP contribution in [0.5, 0.6) is 0 Å². The highest BCUT2D eigenvalue weighted by atomic mass is 32.1. The Bertz CT molecular complexity index is 477. The van der Waals surface area contributed by atoms with Crippen LogP contribution in [0.4, 0.5) is 0 Å². The second kappa shape index (κ2) is 8.17. The van der Waals surface area contributed by atoms with E-state index in [0.717, 1.165) is 0 Å². The lowest BCUT2D eigenvalue weighted by Gasteiger charge is -2.05. The van der Waals surface area contributed by atoms with Crippen molar-refractivity contribution in [1.82, 2.24) is 10.7 Å². The average molecular weight is 281 g/mol. The fraction of sp³-hybridized carbons (Fsp3) is 0.250. The first-order valence-corrected chi connectivity index (χ1v) is 5.94. The molecule has 0 heterocycles. The van der Waals surface area contributed by atoms with Crippen LogP contribution < -0.4 is 10.7 Å². The third-order valence-electron chi connectivity index (χ3n) is 2.15. The molecule has 0 saturated carbocycles. The topological polar surface area (TPSA) is 83.0 Å². The van der Waals surface area contributed by atoms with Gasteiger partial charge in [0.1, 0.15) is 0 Å². The number of hydrogen-bond acceptors (Lipinski definition) is 4. The van der Waals surface area contributed by atoms with E-state index in [2.05, 4.69) is 15.8 Å². The quantitative estimate of drug-likeness (QED) is 0.310. The fourth-order valence-electron chi connectivity index (χ4n) is 1.27. The van der Waals surface area contributed by atoms with Gasteiger partial charge in [0, 0.05) is 19.2 Å². The Balaban J connectivity index is 2.53. The van der Waals surface area contributed by atoms with Gasteiger partial charge in [0.2, 0.25) is 0 Å². The number of aromatic carboxylic acids is 1. The Labute approximate surface area is 116 Å². The zero-order valence-electron chi connectivity index (χ0n) is 10.4. The van der Waals surface area contributed by atoms with Crippen LogP contribution in [-0.2, 0) is 4.74 Å². The first-order chi connectivity index (χ1) is 9.15. The fourth-order valence-corrected chi connectivity index (χ4v) is 1.43. The van der Waals surface area contributed by atoms with Gasteiger partial charge in [0.25, 0.3) is 0 Å². The second-order valence-corrected chi connectivity index (χ2v) is 3.92. The summed E-state index contributed by atoms with van der Waals surface area (Å²) in [6.07, 6.45) is 1.41. The summed E-state index contributed by atoms with van der Waals surface area (Å²) in [4.78, 5) is 11.0. The minimum absolute atomic E-state index is 0.186. The van der Waals surface area contributed by atoms with Crippen LogP contribution in [0, 0.1) is 0 Å². The zero-order valence-corrected chi connectivity index (χ0v) is 11.2. The molecule has 1 aromatic carbocycles. The molecule has 0 fully saturated rings. The number of ether oxygens (including phenoxy) is 1. The van der Waals surface area contributed by atoms with E-state index < -0.39 is 5.97 Å². The van der Waals surface area contributed by atoms with Gasteiger partial charge in [0.05, 0.1) is 18.4 Å². The molecule has 1 aromatic rings. The Kier molecular flexibility index (Phi) is 6.48. The van der Waals surface area contributed by atoms with Crippen molar-refractivity contribution in [1.29, 1.82) is 0 Å². The van der Waals surface area contributed by atoms with E-state index in [1.165, 1.54) is 12.3 Å². The SMILES string of the molecule is COCCNC(=S)NN=Cc1ccccc1C(=O)O. The molecule has 3 N–H and O–H groups in total. The maximum absolute atomic E-state index is 11.0. The van der Waals surface area contributed by atoms with Crippen molar-refractivity contribution >= 4 is 29.5 Å². The maximum Gasteiger partial charge on any atom is 0.336 e. The molecule has 0 aliphatic rings. The number of carboxylic acid groups (broad SMARTS) is 1. The number of hydrazone groups is 1. The van der Waals surface area contributed by atoms with Crippen LogP contribution >= 0.6 is 12.2 Å². The monoisotopic (exact) mass is 281 g/mol. The Hall–Kier alpha value is -1.99. The van der Waals surface area contributed by atoms with Crippen molar-refractivity contribution in [3.63, 3.8) is 0 Å². The number of hydrogen-bond donors (Lipinski definition) is 3. The molecule has 0 radical (unpaired) electrons.